The Kier molecular flexibility index (Phi) is 4.15. The van der Waals surface area contributed by atoms with Crippen molar-refractivity contribution in [3.8, 4) is 11.1 Å². The zero-order chi connectivity index (χ0) is 15.4. The lowest BCUT2D eigenvalue weighted by molar-refractivity contribution is -0.128. The zero-order valence-electron chi connectivity index (χ0n) is 12.5. The van der Waals surface area contributed by atoms with Crippen LogP contribution in [0.1, 0.15) is 11.3 Å². The highest BCUT2D eigenvalue weighted by atomic mass is 16.5. The van der Waals surface area contributed by atoms with Gasteiger partial charge in [-0.1, -0.05) is 42.0 Å². The highest BCUT2D eigenvalue weighted by Gasteiger charge is 2.08. The minimum absolute atomic E-state index is 0.349. The van der Waals surface area contributed by atoms with Crippen molar-refractivity contribution < 1.29 is 9.53 Å². The van der Waals surface area contributed by atoms with Gasteiger partial charge in [-0.3, -0.25) is 9.78 Å². The van der Waals surface area contributed by atoms with E-state index in [1.54, 1.807) is 0 Å². The lowest BCUT2D eigenvalue weighted by Gasteiger charge is -2.10. The molecule has 1 aromatic heterocycles. The number of ether oxygens (including phenoxy) is 1. The predicted molar refractivity (Wildman–Crippen MR) is 87.6 cm³/mol. The highest BCUT2D eigenvalue weighted by molar-refractivity contribution is 5.95. The normalized spacial score (nSPS) is 10.6. The second-order valence-corrected chi connectivity index (χ2v) is 5.26. The maximum absolute atomic E-state index is 10.3. The number of benzene rings is 2. The summed E-state index contributed by atoms with van der Waals surface area (Å²) in [5, 5.41) is 1.14. The SMILES string of the molecule is Cc1ccc2nc(CCOC=O)cc(-c3ccccc3)c2c1. The van der Waals surface area contributed by atoms with E-state index in [9.17, 15) is 4.79 Å². The Morgan fingerprint density at radius 1 is 1.09 bits per heavy atom. The number of fused-ring (bicyclic) bond motifs is 1. The fourth-order valence-corrected chi connectivity index (χ4v) is 2.59. The number of carbonyl (C=O) groups is 1. The summed E-state index contributed by atoms with van der Waals surface area (Å²) in [4.78, 5) is 15.0. The Morgan fingerprint density at radius 2 is 1.91 bits per heavy atom. The number of pyridine rings is 1. The minimum atomic E-state index is 0.349. The largest absolute Gasteiger partial charge is 0.467 e. The van der Waals surface area contributed by atoms with Crippen molar-refractivity contribution in [2.24, 2.45) is 0 Å². The van der Waals surface area contributed by atoms with Crippen LogP contribution in [0.4, 0.5) is 0 Å². The molecule has 3 aromatic rings. The van der Waals surface area contributed by atoms with Gasteiger partial charge >= 0.3 is 0 Å². The Bertz CT molecular complexity index is 797. The van der Waals surface area contributed by atoms with Gasteiger partial charge in [0.15, 0.2) is 0 Å². The van der Waals surface area contributed by atoms with Crippen LogP contribution < -0.4 is 0 Å². The average Bonchev–Trinajstić information content (AvgIpc) is 2.55. The molecule has 110 valence electrons. The van der Waals surface area contributed by atoms with Gasteiger partial charge in [-0.05, 0) is 36.2 Å². The molecule has 0 aliphatic heterocycles. The molecule has 0 saturated heterocycles. The van der Waals surface area contributed by atoms with Gasteiger partial charge in [-0.2, -0.15) is 0 Å². The van der Waals surface area contributed by atoms with Crippen molar-refractivity contribution in [2.45, 2.75) is 13.3 Å². The van der Waals surface area contributed by atoms with Crippen molar-refractivity contribution in [3.63, 3.8) is 0 Å². The van der Waals surface area contributed by atoms with Crippen LogP contribution in [-0.2, 0) is 16.0 Å². The Labute approximate surface area is 129 Å². The molecule has 0 aliphatic carbocycles. The highest BCUT2D eigenvalue weighted by Crippen LogP contribution is 2.29. The quantitative estimate of drug-likeness (QED) is 0.528. The van der Waals surface area contributed by atoms with Crippen LogP contribution in [0.2, 0.25) is 0 Å². The molecule has 3 heteroatoms. The maximum atomic E-state index is 10.3. The molecule has 3 rings (SSSR count). The molecule has 0 atom stereocenters. The summed E-state index contributed by atoms with van der Waals surface area (Å²) in [7, 11) is 0. The van der Waals surface area contributed by atoms with E-state index in [2.05, 4.69) is 42.2 Å². The number of nitrogens with zero attached hydrogens (tertiary/aromatic N) is 1. The third-order valence-electron chi connectivity index (χ3n) is 3.65. The molecule has 0 aliphatic rings. The molecule has 0 amide bonds. The molecule has 0 spiro atoms. The summed E-state index contributed by atoms with van der Waals surface area (Å²) in [6, 6.07) is 18.6. The van der Waals surface area contributed by atoms with Crippen molar-refractivity contribution >= 4 is 17.4 Å². The number of hydrogen-bond acceptors (Lipinski definition) is 3. The van der Waals surface area contributed by atoms with Crippen molar-refractivity contribution in [1.29, 1.82) is 0 Å². The van der Waals surface area contributed by atoms with Gasteiger partial charge < -0.3 is 4.74 Å². The summed E-state index contributed by atoms with van der Waals surface area (Å²) >= 11 is 0. The first-order valence-electron chi connectivity index (χ1n) is 7.29. The second-order valence-electron chi connectivity index (χ2n) is 5.26. The molecule has 1 heterocycles. The number of aryl methyl sites for hydroxylation is 1. The fraction of sp³-hybridized carbons (Fsp3) is 0.158. The third-order valence-corrected chi connectivity index (χ3v) is 3.65. The molecule has 0 fully saturated rings. The van der Waals surface area contributed by atoms with Crippen LogP contribution in [0.5, 0.6) is 0 Å². The summed E-state index contributed by atoms with van der Waals surface area (Å²) in [6.45, 7) is 2.91. The standard InChI is InChI=1S/C19H17NO2/c1-14-7-8-19-18(11-14)17(15-5-3-2-4-6-15)12-16(20-19)9-10-22-13-21/h2-8,11-13H,9-10H2,1H3. The van der Waals surface area contributed by atoms with E-state index in [1.807, 2.05) is 24.3 Å². The molecule has 3 nitrogen and oxygen atoms in total. The van der Waals surface area contributed by atoms with Crippen LogP contribution in [-0.4, -0.2) is 18.1 Å². The van der Waals surface area contributed by atoms with Gasteiger partial charge in [0.2, 0.25) is 0 Å². The fourth-order valence-electron chi connectivity index (χ4n) is 2.59. The number of rotatable bonds is 5. The van der Waals surface area contributed by atoms with Gasteiger partial charge in [-0.15, -0.1) is 0 Å². The molecule has 0 radical (unpaired) electrons. The number of carbonyl (C=O) groups excluding carboxylic acids is 1. The minimum Gasteiger partial charge on any atom is -0.467 e. The molecular formula is C19H17NO2. The number of hydrogen-bond donors (Lipinski definition) is 0. The van der Waals surface area contributed by atoms with Gasteiger partial charge in [0, 0.05) is 17.5 Å². The van der Waals surface area contributed by atoms with Gasteiger partial charge in [0.05, 0.1) is 12.1 Å². The molecule has 0 unspecified atom stereocenters. The molecule has 0 N–H and O–H groups in total. The van der Waals surface area contributed by atoms with E-state index in [0.717, 1.165) is 27.7 Å². The topological polar surface area (TPSA) is 39.2 Å². The third kappa shape index (κ3) is 2.98. The molecular weight excluding hydrogens is 274 g/mol. The van der Waals surface area contributed by atoms with Crippen LogP contribution in [0, 0.1) is 6.92 Å². The molecule has 2 aromatic carbocycles. The average molecular weight is 291 g/mol. The lowest BCUT2D eigenvalue weighted by atomic mass is 9.98. The van der Waals surface area contributed by atoms with Gasteiger partial charge in [0.25, 0.3) is 6.47 Å². The molecule has 0 bridgehead atoms. The number of aromatic nitrogens is 1. The van der Waals surface area contributed by atoms with E-state index in [0.29, 0.717) is 19.5 Å². The van der Waals surface area contributed by atoms with Crippen LogP contribution in [0.25, 0.3) is 22.0 Å². The Hall–Kier alpha value is -2.68. The summed E-state index contributed by atoms with van der Waals surface area (Å²) < 4.78 is 4.79. The smallest absolute Gasteiger partial charge is 0.293 e. The van der Waals surface area contributed by atoms with E-state index in [4.69, 9.17) is 4.74 Å². The maximum Gasteiger partial charge on any atom is 0.293 e. The van der Waals surface area contributed by atoms with E-state index < -0.39 is 0 Å². The summed E-state index contributed by atoms with van der Waals surface area (Å²) in [5.41, 5.74) is 5.43. The Balaban J connectivity index is 2.13. The van der Waals surface area contributed by atoms with Crippen LogP contribution in [0.3, 0.4) is 0 Å². The van der Waals surface area contributed by atoms with E-state index in [-0.39, 0.29) is 0 Å². The van der Waals surface area contributed by atoms with Crippen LogP contribution in [0.15, 0.2) is 54.6 Å². The van der Waals surface area contributed by atoms with Crippen molar-refractivity contribution in [2.75, 3.05) is 6.61 Å². The molecule has 22 heavy (non-hydrogen) atoms. The van der Waals surface area contributed by atoms with Crippen molar-refractivity contribution in [3.05, 3.63) is 65.9 Å². The first-order valence-corrected chi connectivity index (χ1v) is 7.29. The summed E-state index contributed by atoms with van der Waals surface area (Å²) in [5.74, 6) is 0. The zero-order valence-corrected chi connectivity index (χ0v) is 12.5. The predicted octanol–water partition coefficient (Wildman–Crippen LogP) is 3.93. The second kappa shape index (κ2) is 6.39. The van der Waals surface area contributed by atoms with Crippen molar-refractivity contribution in [1.82, 2.24) is 4.98 Å². The Morgan fingerprint density at radius 3 is 2.68 bits per heavy atom. The van der Waals surface area contributed by atoms with E-state index >= 15 is 0 Å². The van der Waals surface area contributed by atoms with Crippen LogP contribution >= 0.6 is 0 Å². The molecule has 0 saturated carbocycles. The van der Waals surface area contributed by atoms with E-state index in [1.165, 1.54) is 5.56 Å². The monoisotopic (exact) mass is 291 g/mol. The lowest BCUT2D eigenvalue weighted by Crippen LogP contribution is -2.00. The first kappa shape index (κ1) is 14.3. The first-order chi connectivity index (χ1) is 10.8. The van der Waals surface area contributed by atoms with Gasteiger partial charge in [-0.25, -0.2) is 0 Å². The van der Waals surface area contributed by atoms with Gasteiger partial charge in [0.1, 0.15) is 0 Å². The summed E-state index contributed by atoms with van der Waals surface area (Å²) in [6.07, 6.45) is 0.613.